The quantitative estimate of drug-likeness (QED) is 0.919. The van der Waals surface area contributed by atoms with Crippen LogP contribution < -0.4 is 0 Å². The molecule has 0 bridgehead atoms. The van der Waals surface area contributed by atoms with Crippen molar-refractivity contribution in [2.75, 3.05) is 19.6 Å². The number of likely N-dealkylation sites (tertiary alicyclic amines) is 1. The van der Waals surface area contributed by atoms with E-state index in [1.54, 1.807) is 11.3 Å². The molecule has 3 heterocycles. The third-order valence-electron chi connectivity index (χ3n) is 4.12. The number of rotatable bonds is 5. The van der Waals surface area contributed by atoms with E-state index < -0.39 is 0 Å². The zero-order chi connectivity index (χ0) is 13.8. The van der Waals surface area contributed by atoms with Crippen LogP contribution in [0.3, 0.4) is 0 Å². The Kier molecular flexibility index (Phi) is 4.50. The van der Waals surface area contributed by atoms with Crippen LogP contribution in [0, 0.1) is 5.92 Å². The van der Waals surface area contributed by atoms with Gasteiger partial charge in [0.15, 0.2) is 0 Å². The topological polar surface area (TPSA) is 41.3 Å². The summed E-state index contributed by atoms with van der Waals surface area (Å²) in [6, 6.07) is 6.02. The molecule has 1 aliphatic rings. The van der Waals surface area contributed by atoms with E-state index in [1.165, 1.54) is 0 Å². The van der Waals surface area contributed by atoms with Gasteiger partial charge in [-0.2, -0.15) is 5.10 Å². The molecule has 0 spiro atoms. The number of aliphatic hydroxyl groups is 1. The van der Waals surface area contributed by atoms with E-state index in [0.717, 1.165) is 43.9 Å². The first kappa shape index (κ1) is 13.8. The fourth-order valence-corrected chi connectivity index (χ4v) is 3.66. The van der Waals surface area contributed by atoms with Crippen molar-refractivity contribution in [1.82, 2.24) is 14.7 Å². The lowest BCUT2D eigenvalue weighted by Crippen LogP contribution is -2.37. The normalized spacial score (nSPS) is 19.2. The Morgan fingerprint density at radius 1 is 1.30 bits per heavy atom. The molecule has 1 aliphatic heterocycles. The number of aliphatic hydroxyl groups excluding tert-OH is 1. The molecule has 3 rings (SSSR count). The van der Waals surface area contributed by atoms with Crippen LogP contribution in [0.15, 0.2) is 36.0 Å². The van der Waals surface area contributed by atoms with Gasteiger partial charge in [-0.25, -0.2) is 0 Å². The Morgan fingerprint density at radius 2 is 2.15 bits per heavy atom. The molecular formula is C15H21N3OS. The summed E-state index contributed by atoms with van der Waals surface area (Å²) < 4.78 is 1.98. The number of hydrogen-bond acceptors (Lipinski definition) is 4. The third kappa shape index (κ3) is 3.29. The molecule has 1 N–H and O–H groups in total. The van der Waals surface area contributed by atoms with Gasteiger partial charge in [0.2, 0.25) is 0 Å². The first-order chi connectivity index (χ1) is 9.83. The standard InChI is InChI=1S/C15H21N3OS/c19-15(14-3-1-12-20-14)13-4-8-17(9-5-13)10-11-18-7-2-6-16-18/h1-3,6-7,12-13,15,19H,4-5,8-11H2/t15-/m0/s1. The molecule has 0 amide bonds. The van der Waals surface area contributed by atoms with Crippen LogP contribution in [0.1, 0.15) is 23.8 Å². The van der Waals surface area contributed by atoms with E-state index in [9.17, 15) is 5.11 Å². The van der Waals surface area contributed by atoms with Crippen molar-refractivity contribution in [2.45, 2.75) is 25.5 Å². The molecule has 1 atom stereocenters. The van der Waals surface area contributed by atoms with Crippen molar-refractivity contribution in [3.8, 4) is 0 Å². The molecule has 0 aromatic carbocycles. The SMILES string of the molecule is O[C@H](c1cccs1)C1CCN(CCn2cccn2)CC1. The number of piperidine rings is 1. The summed E-state index contributed by atoms with van der Waals surface area (Å²) in [6.07, 6.45) is 5.72. The summed E-state index contributed by atoms with van der Waals surface area (Å²) >= 11 is 1.66. The molecule has 2 aromatic rings. The van der Waals surface area contributed by atoms with Gasteiger partial charge in [-0.1, -0.05) is 6.07 Å². The Balaban J connectivity index is 1.45. The van der Waals surface area contributed by atoms with E-state index in [1.807, 2.05) is 40.7 Å². The second-order valence-electron chi connectivity index (χ2n) is 5.41. The maximum Gasteiger partial charge on any atom is 0.0910 e. The monoisotopic (exact) mass is 291 g/mol. The van der Waals surface area contributed by atoms with Crippen molar-refractivity contribution in [2.24, 2.45) is 5.92 Å². The second kappa shape index (κ2) is 6.52. The van der Waals surface area contributed by atoms with Gasteiger partial charge in [0.1, 0.15) is 0 Å². The molecule has 2 aromatic heterocycles. The van der Waals surface area contributed by atoms with Crippen molar-refractivity contribution in [1.29, 1.82) is 0 Å². The zero-order valence-electron chi connectivity index (χ0n) is 11.6. The Morgan fingerprint density at radius 3 is 2.80 bits per heavy atom. The van der Waals surface area contributed by atoms with Gasteiger partial charge >= 0.3 is 0 Å². The van der Waals surface area contributed by atoms with E-state index in [0.29, 0.717) is 5.92 Å². The van der Waals surface area contributed by atoms with Crippen LogP contribution >= 0.6 is 11.3 Å². The first-order valence-corrected chi connectivity index (χ1v) is 8.12. The molecular weight excluding hydrogens is 270 g/mol. The highest BCUT2D eigenvalue weighted by atomic mass is 32.1. The molecule has 0 aliphatic carbocycles. The summed E-state index contributed by atoms with van der Waals surface area (Å²) in [5.41, 5.74) is 0. The van der Waals surface area contributed by atoms with Crippen LogP contribution in [0.25, 0.3) is 0 Å². The minimum absolute atomic E-state index is 0.275. The summed E-state index contributed by atoms with van der Waals surface area (Å²) in [6.45, 7) is 4.15. The fraction of sp³-hybridized carbons (Fsp3) is 0.533. The summed E-state index contributed by atoms with van der Waals surface area (Å²) in [7, 11) is 0. The molecule has 4 nitrogen and oxygen atoms in total. The van der Waals surface area contributed by atoms with Crippen LogP contribution in [-0.2, 0) is 6.54 Å². The minimum atomic E-state index is -0.275. The van der Waals surface area contributed by atoms with Crippen molar-refractivity contribution >= 4 is 11.3 Å². The van der Waals surface area contributed by atoms with Gasteiger partial charge < -0.3 is 10.0 Å². The Bertz CT molecular complexity index is 489. The number of nitrogens with zero attached hydrogens (tertiary/aromatic N) is 3. The highest BCUT2D eigenvalue weighted by Crippen LogP contribution is 2.32. The Hall–Kier alpha value is -1.17. The molecule has 0 radical (unpaired) electrons. The highest BCUT2D eigenvalue weighted by Gasteiger charge is 2.26. The van der Waals surface area contributed by atoms with Gasteiger partial charge in [-0.15, -0.1) is 11.3 Å². The molecule has 5 heteroatoms. The average molecular weight is 291 g/mol. The zero-order valence-corrected chi connectivity index (χ0v) is 12.4. The van der Waals surface area contributed by atoms with Crippen molar-refractivity contribution in [3.63, 3.8) is 0 Å². The third-order valence-corrected chi connectivity index (χ3v) is 5.06. The van der Waals surface area contributed by atoms with Gasteiger partial charge in [0.25, 0.3) is 0 Å². The number of thiophene rings is 1. The van der Waals surface area contributed by atoms with Gasteiger partial charge in [0.05, 0.1) is 12.6 Å². The molecule has 20 heavy (non-hydrogen) atoms. The minimum Gasteiger partial charge on any atom is -0.387 e. The molecule has 0 saturated carbocycles. The lowest BCUT2D eigenvalue weighted by molar-refractivity contribution is 0.0600. The molecule has 1 saturated heterocycles. The van der Waals surface area contributed by atoms with E-state index in [4.69, 9.17) is 0 Å². The average Bonchev–Trinajstić information content (AvgIpc) is 3.18. The number of aromatic nitrogens is 2. The van der Waals surface area contributed by atoms with Gasteiger partial charge in [0, 0.05) is 23.8 Å². The summed E-state index contributed by atoms with van der Waals surface area (Å²) in [5, 5.41) is 16.6. The van der Waals surface area contributed by atoms with Crippen LogP contribution in [0.4, 0.5) is 0 Å². The molecule has 0 unspecified atom stereocenters. The lowest BCUT2D eigenvalue weighted by atomic mass is 9.90. The van der Waals surface area contributed by atoms with Crippen LogP contribution in [-0.4, -0.2) is 39.4 Å². The first-order valence-electron chi connectivity index (χ1n) is 7.24. The van der Waals surface area contributed by atoms with Gasteiger partial charge in [-0.3, -0.25) is 4.68 Å². The second-order valence-corrected chi connectivity index (χ2v) is 6.39. The van der Waals surface area contributed by atoms with Crippen LogP contribution in [0.5, 0.6) is 0 Å². The lowest BCUT2D eigenvalue weighted by Gasteiger charge is -2.33. The molecule has 1 fully saturated rings. The number of hydrogen-bond donors (Lipinski definition) is 1. The van der Waals surface area contributed by atoms with Crippen molar-refractivity contribution in [3.05, 3.63) is 40.8 Å². The maximum atomic E-state index is 10.4. The maximum absolute atomic E-state index is 10.4. The predicted molar refractivity (Wildman–Crippen MR) is 80.7 cm³/mol. The largest absolute Gasteiger partial charge is 0.387 e. The summed E-state index contributed by atoms with van der Waals surface area (Å²) in [4.78, 5) is 3.58. The predicted octanol–water partition coefficient (Wildman–Crippen LogP) is 2.39. The summed E-state index contributed by atoms with van der Waals surface area (Å²) in [5.74, 6) is 0.412. The Labute approximate surface area is 123 Å². The smallest absolute Gasteiger partial charge is 0.0910 e. The fourth-order valence-electron chi connectivity index (χ4n) is 2.86. The van der Waals surface area contributed by atoms with Gasteiger partial charge in [-0.05, 0) is 49.4 Å². The van der Waals surface area contributed by atoms with E-state index >= 15 is 0 Å². The van der Waals surface area contributed by atoms with Crippen molar-refractivity contribution < 1.29 is 5.11 Å². The van der Waals surface area contributed by atoms with E-state index in [-0.39, 0.29) is 6.10 Å². The van der Waals surface area contributed by atoms with E-state index in [2.05, 4.69) is 10.00 Å². The van der Waals surface area contributed by atoms with Crippen LogP contribution in [0.2, 0.25) is 0 Å². The molecule has 108 valence electrons. The highest BCUT2D eigenvalue weighted by molar-refractivity contribution is 7.10.